The quantitative estimate of drug-likeness (QED) is 0.175. The summed E-state index contributed by atoms with van der Waals surface area (Å²) in [4.78, 5) is 42.5. The lowest BCUT2D eigenvalue weighted by Gasteiger charge is -2.24. The maximum Gasteiger partial charge on any atom is 0.338 e. The number of ether oxygens (including phenoxy) is 3. The lowest BCUT2D eigenvalue weighted by atomic mass is 9.95. The van der Waals surface area contributed by atoms with Gasteiger partial charge in [-0.2, -0.15) is 0 Å². The summed E-state index contributed by atoms with van der Waals surface area (Å²) in [6.45, 7) is 3.60. The second-order valence-electron chi connectivity index (χ2n) is 8.92. The molecule has 0 bridgehead atoms. The number of furan rings is 1. The average Bonchev–Trinajstić information content (AvgIpc) is 3.55. The highest BCUT2D eigenvalue weighted by Crippen LogP contribution is 2.35. The fraction of sp³-hybridized carbons (Fsp3) is 0.207. The van der Waals surface area contributed by atoms with Crippen molar-refractivity contribution in [1.82, 2.24) is 4.57 Å². The lowest BCUT2D eigenvalue weighted by Crippen LogP contribution is -2.39. The minimum absolute atomic E-state index is 0.110. The van der Waals surface area contributed by atoms with Crippen molar-refractivity contribution in [2.45, 2.75) is 19.9 Å². The third-order valence-corrected chi connectivity index (χ3v) is 7.47. The number of fused-ring (bicyclic) bond motifs is 1. The van der Waals surface area contributed by atoms with E-state index in [9.17, 15) is 19.7 Å². The number of non-ortho nitro benzene ring substituents is 1. The van der Waals surface area contributed by atoms with Crippen LogP contribution in [-0.4, -0.2) is 36.3 Å². The van der Waals surface area contributed by atoms with Crippen molar-refractivity contribution in [3.8, 4) is 22.8 Å². The Hall–Kier alpha value is -4.97. The van der Waals surface area contributed by atoms with E-state index in [0.29, 0.717) is 43.4 Å². The van der Waals surface area contributed by atoms with E-state index in [4.69, 9.17) is 18.6 Å². The average molecular weight is 576 g/mol. The van der Waals surface area contributed by atoms with Gasteiger partial charge < -0.3 is 18.6 Å². The van der Waals surface area contributed by atoms with Gasteiger partial charge in [-0.05, 0) is 49.7 Å². The molecule has 210 valence electrons. The Labute approximate surface area is 237 Å². The molecule has 1 atom stereocenters. The van der Waals surface area contributed by atoms with Crippen LogP contribution in [0.25, 0.3) is 17.4 Å². The Balaban J connectivity index is 1.62. The number of nitrogens with zero attached hydrogens (tertiary/aromatic N) is 3. The van der Waals surface area contributed by atoms with Gasteiger partial charge in [0.1, 0.15) is 23.0 Å². The van der Waals surface area contributed by atoms with Crippen molar-refractivity contribution in [3.63, 3.8) is 0 Å². The number of hydrogen-bond donors (Lipinski definition) is 0. The van der Waals surface area contributed by atoms with E-state index in [0.717, 1.165) is 11.3 Å². The Morgan fingerprint density at radius 2 is 1.98 bits per heavy atom. The summed E-state index contributed by atoms with van der Waals surface area (Å²) >= 11 is 1.16. The highest BCUT2D eigenvalue weighted by atomic mass is 32.1. The molecule has 2 aromatic heterocycles. The van der Waals surface area contributed by atoms with Crippen LogP contribution in [0, 0.1) is 10.1 Å². The first-order chi connectivity index (χ1) is 19.7. The third kappa shape index (κ3) is 5.16. The number of hydrogen-bond acceptors (Lipinski definition) is 10. The molecule has 1 aliphatic rings. The van der Waals surface area contributed by atoms with Crippen molar-refractivity contribution in [3.05, 3.63) is 107 Å². The third-order valence-electron chi connectivity index (χ3n) is 6.49. The summed E-state index contributed by atoms with van der Waals surface area (Å²) in [6, 6.07) is 14.0. The number of rotatable bonds is 8. The van der Waals surface area contributed by atoms with Gasteiger partial charge in [-0.25, -0.2) is 9.79 Å². The fourth-order valence-electron chi connectivity index (χ4n) is 4.62. The zero-order chi connectivity index (χ0) is 29.3. The van der Waals surface area contributed by atoms with Crippen LogP contribution < -0.4 is 24.4 Å². The molecule has 4 aromatic rings. The van der Waals surface area contributed by atoms with Gasteiger partial charge in [0.05, 0.1) is 59.2 Å². The second kappa shape index (κ2) is 11.3. The van der Waals surface area contributed by atoms with Crippen LogP contribution in [0.15, 0.2) is 80.1 Å². The van der Waals surface area contributed by atoms with E-state index in [-0.39, 0.29) is 29.2 Å². The van der Waals surface area contributed by atoms with Crippen LogP contribution in [-0.2, 0) is 9.53 Å². The Morgan fingerprint density at radius 3 is 2.68 bits per heavy atom. The highest BCUT2D eigenvalue weighted by molar-refractivity contribution is 7.07. The molecule has 0 saturated heterocycles. The first-order valence-corrected chi connectivity index (χ1v) is 13.3. The minimum atomic E-state index is -0.779. The number of carbonyl (C=O) groups excluding carboxylic acids is 1. The molecule has 0 fully saturated rings. The molecular weight excluding hydrogens is 550 g/mol. The number of carbonyl (C=O) groups is 1. The molecule has 41 heavy (non-hydrogen) atoms. The van der Waals surface area contributed by atoms with Crippen LogP contribution in [0.3, 0.4) is 0 Å². The molecule has 0 aliphatic carbocycles. The van der Waals surface area contributed by atoms with Gasteiger partial charge in [-0.3, -0.25) is 19.5 Å². The smallest absolute Gasteiger partial charge is 0.338 e. The van der Waals surface area contributed by atoms with Crippen LogP contribution >= 0.6 is 11.3 Å². The van der Waals surface area contributed by atoms with E-state index >= 15 is 0 Å². The molecule has 0 spiro atoms. The van der Waals surface area contributed by atoms with E-state index in [1.165, 1.54) is 23.8 Å². The molecule has 0 N–H and O–H groups in total. The van der Waals surface area contributed by atoms with Crippen LogP contribution in [0.1, 0.15) is 31.2 Å². The zero-order valence-corrected chi connectivity index (χ0v) is 23.4. The predicted molar refractivity (Wildman–Crippen MR) is 151 cm³/mol. The second-order valence-corrected chi connectivity index (χ2v) is 9.93. The van der Waals surface area contributed by atoms with Gasteiger partial charge in [0.2, 0.25) is 0 Å². The normalized spacial score (nSPS) is 14.8. The summed E-state index contributed by atoms with van der Waals surface area (Å²) < 4.78 is 23.8. The fourth-order valence-corrected chi connectivity index (χ4v) is 5.65. The van der Waals surface area contributed by atoms with Crippen molar-refractivity contribution in [2.75, 3.05) is 20.8 Å². The standard InChI is InChI=1S/C29H25N3O8S/c1-5-39-28(34)25-16(2)30-29-31(26(25)17-7-6-8-19(13-17)37-3)27(33)24(41-29)15-20-10-12-22(40-20)21-11-9-18(32(35)36)14-23(21)38-4/h6-15,26H,5H2,1-4H3/b24-15-. The maximum absolute atomic E-state index is 13.8. The van der Waals surface area contributed by atoms with E-state index in [2.05, 4.69) is 4.99 Å². The number of nitro benzene ring substituents is 1. The Morgan fingerprint density at radius 1 is 1.17 bits per heavy atom. The summed E-state index contributed by atoms with van der Waals surface area (Å²) in [7, 11) is 2.96. The molecule has 0 saturated carbocycles. The number of aromatic nitrogens is 1. The maximum atomic E-state index is 13.8. The molecule has 1 unspecified atom stereocenters. The number of allylic oxidation sites excluding steroid dienone is 1. The highest BCUT2D eigenvalue weighted by Gasteiger charge is 2.33. The van der Waals surface area contributed by atoms with Gasteiger partial charge in [0.25, 0.3) is 11.2 Å². The zero-order valence-electron chi connectivity index (χ0n) is 22.6. The van der Waals surface area contributed by atoms with Gasteiger partial charge in [0.15, 0.2) is 4.80 Å². The molecule has 5 rings (SSSR count). The van der Waals surface area contributed by atoms with Gasteiger partial charge in [-0.15, -0.1) is 0 Å². The molecule has 0 amide bonds. The molecule has 11 nitrogen and oxygen atoms in total. The monoisotopic (exact) mass is 575 g/mol. The van der Waals surface area contributed by atoms with Crippen molar-refractivity contribution >= 4 is 29.1 Å². The number of esters is 1. The van der Waals surface area contributed by atoms with E-state index in [1.807, 2.05) is 6.07 Å². The molecule has 0 radical (unpaired) electrons. The molecule has 1 aliphatic heterocycles. The number of nitro groups is 1. The van der Waals surface area contributed by atoms with Crippen molar-refractivity contribution < 1.29 is 28.3 Å². The Bertz CT molecular complexity index is 1880. The largest absolute Gasteiger partial charge is 0.497 e. The van der Waals surface area contributed by atoms with E-state index in [1.54, 1.807) is 63.4 Å². The summed E-state index contributed by atoms with van der Waals surface area (Å²) in [5.74, 6) is 1.09. The minimum Gasteiger partial charge on any atom is -0.497 e. The molecule has 12 heteroatoms. The lowest BCUT2D eigenvalue weighted by molar-refractivity contribution is -0.384. The van der Waals surface area contributed by atoms with Gasteiger partial charge >= 0.3 is 5.97 Å². The number of methoxy groups -OCH3 is 2. The van der Waals surface area contributed by atoms with Crippen LogP contribution in [0.4, 0.5) is 5.69 Å². The summed E-state index contributed by atoms with van der Waals surface area (Å²) in [5, 5.41) is 11.1. The first kappa shape index (κ1) is 27.6. The van der Waals surface area contributed by atoms with E-state index < -0.39 is 16.9 Å². The SMILES string of the molecule is CCOC(=O)C1=C(C)N=c2s/c(=C\c3ccc(-c4ccc([N+](=O)[O-])cc4OC)o3)c(=O)n2C1c1cccc(OC)c1. The van der Waals surface area contributed by atoms with Crippen molar-refractivity contribution in [2.24, 2.45) is 4.99 Å². The predicted octanol–water partition coefficient (Wildman–Crippen LogP) is 3.98. The molecule has 2 aromatic carbocycles. The topological polar surface area (TPSA) is 135 Å². The molecule has 3 heterocycles. The molecular formula is C29H25N3O8S. The van der Waals surface area contributed by atoms with Gasteiger partial charge in [-0.1, -0.05) is 23.5 Å². The number of benzene rings is 2. The first-order valence-electron chi connectivity index (χ1n) is 12.5. The van der Waals surface area contributed by atoms with Crippen LogP contribution in [0.5, 0.6) is 11.5 Å². The van der Waals surface area contributed by atoms with Crippen LogP contribution in [0.2, 0.25) is 0 Å². The summed E-state index contributed by atoms with van der Waals surface area (Å²) in [5.41, 5.74) is 1.44. The van der Waals surface area contributed by atoms with Crippen molar-refractivity contribution in [1.29, 1.82) is 0 Å². The Kier molecular flexibility index (Phi) is 7.58. The van der Waals surface area contributed by atoms with Gasteiger partial charge in [0, 0.05) is 12.1 Å². The number of thiazole rings is 1. The summed E-state index contributed by atoms with van der Waals surface area (Å²) in [6.07, 6.45) is 1.59.